The van der Waals surface area contributed by atoms with Crippen molar-refractivity contribution in [3.63, 3.8) is 0 Å². The van der Waals surface area contributed by atoms with Crippen molar-refractivity contribution >= 4 is 29.4 Å². The third kappa shape index (κ3) is 3.34. The molecular weight excluding hydrogens is 332 g/mol. The standard InChI is InChI=1S/C16H17ClN4O3/c1-2-16(11-4-6-12(17)7-5-11)14(23)21(15(24)20-16)10-13(22)19-9-3-8-18/h4-7H,2-3,9-10H2,1H3,(H,19,22)(H,20,24)/t16-/m0/s1. The molecule has 0 spiro atoms. The van der Waals surface area contributed by atoms with E-state index in [0.29, 0.717) is 17.0 Å². The fourth-order valence-corrected chi connectivity index (χ4v) is 2.73. The Morgan fingerprint density at radius 3 is 2.62 bits per heavy atom. The number of halogens is 1. The van der Waals surface area contributed by atoms with Crippen LogP contribution in [0.1, 0.15) is 25.3 Å². The van der Waals surface area contributed by atoms with E-state index in [2.05, 4.69) is 10.6 Å². The number of hydrogen-bond donors (Lipinski definition) is 2. The molecule has 1 aliphatic heterocycles. The molecule has 1 atom stereocenters. The van der Waals surface area contributed by atoms with Crippen molar-refractivity contribution < 1.29 is 14.4 Å². The van der Waals surface area contributed by atoms with Gasteiger partial charge in [0.1, 0.15) is 12.1 Å². The Balaban J connectivity index is 2.18. The third-order valence-electron chi connectivity index (χ3n) is 3.90. The molecule has 0 aliphatic carbocycles. The molecule has 0 bridgehead atoms. The Hall–Kier alpha value is -2.59. The van der Waals surface area contributed by atoms with Crippen molar-refractivity contribution in [3.05, 3.63) is 34.9 Å². The maximum absolute atomic E-state index is 12.8. The maximum atomic E-state index is 12.8. The van der Waals surface area contributed by atoms with Crippen LogP contribution in [0.2, 0.25) is 5.02 Å². The van der Waals surface area contributed by atoms with Gasteiger partial charge in [-0.15, -0.1) is 0 Å². The first-order valence-corrected chi connectivity index (χ1v) is 7.86. The summed E-state index contributed by atoms with van der Waals surface area (Å²) in [6, 6.07) is 7.93. The SMILES string of the molecule is CC[C@@]1(c2ccc(Cl)cc2)NC(=O)N(CC(=O)NCCC#N)C1=O. The van der Waals surface area contributed by atoms with Gasteiger partial charge in [0.15, 0.2) is 0 Å². The van der Waals surface area contributed by atoms with Gasteiger partial charge < -0.3 is 10.6 Å². The summed E-state index contributed by atoms with van der Waals surface area (Å²) >= 11 is 5.87. The smallest absolute Gasteiger partial charge is 0.325 e. The molecule has 1 fully saturated rings. The number of benzene rings is 1. The topological polar surface area (TPSA) is 102 Å². The fraction of sp³-hybridized carbons (Fsp3) is 0.375. The van der Waals surface area contributed by atoms with Crippen LogP contribution in [-0.4, -0.2) is 35.8 Å². The summed E-state index contributed by atoms with van der Waals surface area (Å²) in [5, 5.41) is 14.2. The zero-order chi connectivity index (χ0) is 17.7. The van der Waals surface area contributed by atoms with E-state index in [1.807, 2.05) is 6.07 Å². The molecule has 0 radical (unpaired) electrons. The zero-order valence-electron chi connectivity index (χ0n) is 13.1. The van der Waals surface area contributed by atoms with Gasteiger partial charge in [-0.1, -0.05) is 30.7 Å². The van der Waals surface area contributed by atoms with Crippen molar-refractivity contribution in [1.29, 1.82) is 5.26 Å². The molecule has 8 heteroatoms. The first kappa shape index (κ1) is 17.8. The Kier molecular flexibility index (Phi) is 5.42. The Morgan fingerprint density at radius 1 is 1.38 bits per heavy atom. The number of imide groups is 1. The number of carbonyl (C=O) groups excluding carboxylic acids is 3. The lowest BCUT2D eigenvalue weighted by Gasteiger charge is -2.25. The molecule has 24 heavy (non-hydrogen) atoms. The number of nitrogens with zero attached hydrogens (tertiary/aromatic N) is 2. The van der Waals surface area contributed by atoms with Crippen LogP contribution < -0.4 is 10.6 Å². The minimum atomic E-state index is -1.20. The number of hydrogen-bond acceptors (Lipinski definition) is 4. The number of nitrogens with one attached hydrogen (secondary N) is 2. The molecule has 2 N–H and O–H groups in total. The van der Waals surface area contributed by atoms with Gasteiger partial charge in [0.05, 0.1) is 12.5 Å². The molecule has 7 nitrogen and oxygen atoms in total. The van der Waals surface area contributed by atoms with Gasteiger partial charge in [-0.3, -0.25) is 14.5 Å². The number of nitriles is 1. The highest BCUT2D eigenvalue weighted by Gasteiger charge is 2.51. The number of urea groups is 1. The first-order chi connectivity index (χ1) is 11.4. The molecule has 0 aromatic heterocycles. The predicted molar refractivity (Wildman–Crippen MR) is 86.9 cm³/mol. The largest absolute Gasteiger partial charge is 0.354 e. The number of amides is 4. The van der Waals surface area contributed by atoms with E-state index >= 15 is 0 Å². The molecule has 0 unspecified atom stereocenters. The summed E-state index contributed by atoms with van der Waals surface area (Å²) < 4.78 is 0. The van der Waals surface area contributed by atoms with Crippen LogP contribution in [0.5, 0.6) is 0 Å². The average Bonchev–Trinajstić information content (AvgIpc) is 2.81. The molecule has 126 valence electrons. The van der Waals surface area contributed by atoms with Crippen molar-refractivity contribution in [2.24, 2.45) is 0 Å². The average molecular weight is 349 g/mol. The van der Waals surface area contributed by atoms with Gasteiger partial charge >= 0.3 is 6.03 Å². The van der Waals surface area contributed by atoms with Gasteiger partial charge in [0, 0.05) is 11.6 Å². The van der Waals surface area contributed by atoms with Gasteiger partial charge in [-0.05, 0) is 24.1 Å². The molecule has 4 amide bonds. The van der Waals surface area contributed by atoms with Gasteiger partial charge in [-0.2, -0.15) is 5.26 Å². The second-order valence-corrected chi connectivity index (χ2v) is 5.78. The minimum absolute atomic E-state index is 0.162. The number of carbonyl (C=O) groups is 3. The molecule has 0 saturated carbocycles. The second kappa shape index (κ2) is 7.32. The van der Waals surface area contributed by atoms with E-state index in [-0.39, 0.29) is 19.5 Å². The zero-order valence-corrected chi connectivity index (χ0v) is 13.9. The summed E-state index contributed by atoms with van der Waals surface area (Å²) in [6.45, 7) is 1.57. The minimum Gasteiger partial charge on any atom is -0.354 e. The third-order valence-corrected chi connectivity index (χ3v) is 4.16. The van der Waals surface area contributed by atoms with Crippen LogP contribution in [0.4, 0.5) is 4.79 Å². The Bertz CT molecular complexity index is 698. The van der Waals surface area contributed by atoms with Crippen LogP contribution in [0.15, 0.2) is 24.3 Å². The van der Waals surface area contributed by atoms with Gasteiger partial charge in [0.25, 0.3) is 5.91 Å². The Labute approximate surface area is 144 Å². The molecule has 1 saturated heterocycles. The molecular formula is C16H17ClN4O3. The lowest BCUT2D eigenvalue weighted by molar-refractivity contribution is -0.135. The van der Waals surface area contributed by atoms with Crippen LogP contribution in [0.3, 0.4) is 0 Å². The molecule has 1 aliphatic rings. The maximum Gasteiger partial charge on any atom is 0.325 e. The predicted octanol–water partition coefficient (Wildman–Crippen LogP) is 1.53. The lowest BCUT2D eigenvalue weighted by atomic mass is 9.87. The summed E-state index contributed by atoms with van der Waals surface area (Å²) in [4.78, 5) is 37.7. The van der Waals surface area contributed by atoms with Crippen molar-refractivity contribution in [2.75, 3.05) is 13.1 Å². The first-order valence-electron chi connectivity index (χ1n) is 7.48. The van der Waals surface area contributed by atoms with Crippen LogP contribution in [0, 0.1) is 11.3 Å². The van der Waals surface area contributed by atoms with Crippen molar-refractivity contribution in [2.45, 2.75) is 25.3 Å². The molecule has 1 heterocycles. The summed E-state index contributed by atoms with van der Waals surface area (Å²) in [7, 11) is 0. The molecule has 2 rings (SSSR count). The molecule has 1 aromatic rings. The summed E-state index contributed by atoms with van der Waals surface area (Å²) in [5.41, 5.74) is -0.589. The second-order valence-electron chi connectivity index (χ2n) is 5.35. The van der Waals surface area contributed by atoms with Crippen molar-refractivity contribution in [3.8, 4) is 6.07 Å². The van der Waals surface area contributed by atoms with E-state index < -0.39 is 23.4 Å². The fourth-order valence-electron chi connectivity index (χ4n) is 2.60. The van der Waals surface area contributed by atoms with Crippen LogP contribution in [-0.2, 0) is 15.1 Å². The van der Waals surface area contributed by atoms with Crippen LogP contribution >= 0.6 is 11.6 Å². The highest BCUT2D eigenvalue weighted by Crippen LogP contribution is 2.32. The monoisotopic (exact) mass is 348 g/mol. The highest BCUT2D eigenvalue weighted by molar-refractivity contribution is 6.30. The summed E-state index contributed by atoms with van der Waals surface area (Å²) in [6.07, 6.45) is 0.501. The summed E-state index contributed by atoms with van der Waals surface area (Å²) in [5.74, 6) is -0.968. The normalized spacial score (nSPS) is 19.8. The van der Waals surface area contributed by atoms with E-state index in [9.17, 15) is 14.4 Å². The Morgan fingerprint density at radius 2 is 2.04 bits per heavy atom. The lowest BCUT2D eigenvalue weighted by Crippen LogP contribution is -2.44. The number of rotatable bonds is 6. The molecule has 1 aromatic carbocycles. The van der Waals surface area contributed by atoms with Gasteiger partial charge in [0.2, 0.25) is 5.91 Å². The van der Waals surface area contributed by atoms with Crippen LogP contribution in [0.25, 0.3) is 0 Å². The van der Waals surface area contributed by atoms with Gasteiger partial charge in [-0.25, -0.2) is 4.79 Å². The van der Waals surface area contributed by atoms with E-state index in [1.54, 1.807) is 31.2 Å². The van der Waals surface area contributed by atoms with E-state index in [0.717, 1.165) is 4.90 Å². The highest BCUT2D eigenvalue weighted by atomic mass is 35.5. The van der Waals surface area contributed by atoms with E-state index in [4.69, 9.17) is 16.9 Å². The van der Waals surface area contributed by atoms with Crippen molar-refractivity contribution in [1.82, 2.24) is 15.5 Å². The van der Waals surface area contributed by atoms with E-state index in [1.165, 1.54) is 0 Å². The quantitative estimate of drug-likeness (QED) is 0.601.